The summed E-state index contributed by atoms with van der Waals surface area (Å²) in [5, 5.41) is 5.76. The molecule has 1 aliphatic carbocycles. The van der Waals surface area contributed by atoms with Crippen molar-refractivity contribution in [3.05, 3.63) is 30.3 Å². The van der Waals surface area contributed by atoms with Gasteiger partial charge >= 0.3 is 6.03 Å². The minimum Gasteiger partial charge on any atom is -0.352 e. The minimum absolute atomic E-state index is 0.00459. The van der Waals surface area contributed by atoms with E-state index in [9.17, 15) is 14.4 Å². The lowest BCUT2D eigenvalue weighted by atomic mass is 10.2. The zero-order valence-corrected chi connectivity index (χ0v) is 14.2. The van der Waals surface area contributed by atoms with Gasteiger partial charge in [-0.3, -0.25) is 9.59 Å². The van der Waals surface area contributed by atoms with Crippen LogP contribution in [0, 0.1) is 0 Å². The number of carbonyl (C=O) groups excluding carboxylic acids is 3. The van der Waals surface area contributed by atoms with Crippen molar-refractivity contribution in [1.82, 2.24) is 15.1 Å². The maximum atomic E-state index is 12.3. The average Bonchev–Trinajstić information content (AvgIpc) is 3.10. The molecule has 0 bridgehead atoms. The van der Waals surface area contributed by atoms with Crippen molar-refractivity contribution in [2.75, 3.05) is 31.5 Å². The molecule has 2 N–H and O–H groups in total. The summed E-state index contributed by atoms with van der Waals surface area (Å²) in [6, 6.07) is 9.08. The number of carbonyl (C=O) groups is 3. The molecule has 1 aromatic rings. The summed E-state index contributed by atoms with van der Waals surface area (Å²) in [6.45, 7) is 0.860. The highest BCUT2D eigenvalue weighted by molar-refractivity contribution is 5.94. The van der Waals surface area contributed by atoms with Crippen LogP contribution in [0.4, 0.5) is 10.5 Å². The van der Waals surface area contributed by atoms with Gasteiger partial charge in [0.05, 0.1) is 6.54 Å². The zero-order valence-electron chi connectivity index (χ0n) is 14.2. The maximum absolute atomic E-state index is 12.3. The fourth-order valence-electron chi connectivity index (χ4n) is 3.29. The average molecular weight is 344 g/mol. The van der Waals surface area contributed by atoms with Gasteiger partial charge in [-0.1, -0.05) is 31.0 Å². The lowest BCUT2D eigenvalue weighted by Crippen LogP contribution is -2.55. The summed E-state index contributed by atoms with van der Waals surface area (Å²) in [5.74, 6) is -0.307. The molecule has 25 heavy (non-hydrogen) atoms. The molecule has 0 unspecified atom stereocenters. The first kappa shape index (κ1) is 17.3. The molecule has 2 aliphatic rings. The number of amides is 4. The van der Waals surface area contributed by atoms with Crippen LogP contribution in [0.5, 0.6) is 0 Å². The highest BCUT2D eigenvalue weighted by atomic mass is 16.2. The van der Waals surface area contributed by atoms with Gasteiger partial charge in [-0.25, -0.2) is 4.79 Å². The van der Waals surface area contributed by atoms with Crippen LogP contribution >= 0.6 is 0 Å². The van der Waals surface area contributed by atoms with E-state index in [1.54, 1.807) is 12.1 Å². The van der Waals surface area contributed by atoms with Gasteiger partial charge in [0.1, 0.15) is 6.54 Å². The topological polar surface area (TPSA) is 81.8 Å². The number of urea groups is 1. The van der Waals surface area contributed by atoms with Crippen LogP contribution in [-0.4, -0.2) is 59.9 Å². The molecule has 1 saturated carbocycles. The van der Waals surface area contributed by atoms with Gasteiger partial charge in [0.25, 0.3) is 0 Å². The van der Waals surface area contributed by atoms with Gasteiger partial charge in [-0.05, 0) is 25.0 Å². The van der Waals surface area contributed by atoms with Gasteiger partial charge in [-0.15, -0.1) is 0 Å². The molecule has 1 saturated heterocycles. The number of nitrogens with zero attached hydrogens (tertiary/aromatic N) is 2. The van der Waals surface area contributed by atoms with Crippen LogP contribution in [0.1, 0.15) is 25.7 Å². The first-order valence-corrected chi connectivity index (χ1v) is 8.80. The monoisotopic (exact) mass is 344 g/mol. The molecule has 134 valence electrons. The molecule has 0 spiro atoms. The molecule has 1 aromatic carbocycles. The van der Waals surface area contributed by atoms with E-state index >= 15 is 0 Å². The van der Waals surface area contributed by atoms with E-state index < -0.39 is 0 Å². The molecule has 0 atom stereocenters. The fraction of sp³-hybridized carbons (Fsp3) is 0.500. The number of anilines is 1. The molecule has 3 rings (SSSR count). The van der Waals surface area contributed by atoms with Crippen molar-refractivity contribution < 1.29 is 14.4 Å². The smallest absolute Gasteiger partial charge is 0.322 e. The third-order valence-corrected chi connectivity index (χ3v) is 4.69. The van der Waals surface area contributed by atoms with Crippen LogP contribution in [0.25, 0.3) is 0 Å². The summed E-state index contributed by atoms with van der Waals surface area (Å²) < 4.78 is 0. The Bertz CT molecular complexity index is 628. The third kappa shape index (κ3) is 4.71. The van der Waals surface area contributed by atoms with Gasteiger partial charge in [-0.2, -0.15) is 0 Å². The van der Waals surface area contributed by atoms with Gasteiger partial charge in [0.15, 0.2) is 0 Å². The van der Waals surface area contributed by atoms with Gasteiger partial charge in [0.2, 0.25) is 11.8 Å². The van der Waals surface area contributed by atoms with E-state index in [1.165, 1.54) is 9.80 Å². The molecule has 0 aromatic heterocycles. The van der Waals surface area contributed by atoms with Crippen LogP contribution in [0.3, 0.4) is 0 Å². The molecule has 7 nitrogen and oxygen atoms in total. The van der Waals surface area contributed by atoms with Crippen LogP contribution in [-0.2, 0) is 9.59 Å². The zero-order chi connectivity index (χ0) is 17.6. The molecular formula is C18H24N4O3. The third-order valence-electron chi connectivity index (χ3n) is 4.69. The molecule has 2 fully saturated rings. The first-order valence-electron chi connectivity index (χ1n) is 8.80. The maximum Gasteiger partial charge on any atom is 0.322 e. The number of rotatable bonds is 4. The Kier molecular flexibility index (Phi) is 5.53. The largest absolute Gasteiger partial charge is 0.352 e. The summed E-state index contributed by atoms with van der Waals surface area (Å²) in [5.41, 5.74) is 0.693. The molecule has 7 heteroatoms. The Morgan fingerprint density at radius 1 is 1.08 bits per heavy atom. The lowest BCUT2D eigenvalue weighted by Gasteiger charge is -2.34. The Morgan fingerprint density at radius 3 is 2.48 bits per heavy atom. The molecular weight excluding hydrogens is 320 g/mol. The van der Waals surface area contributed by atoms with Gasteiger partial charge in [0, 0.05) is 24.8 Å². The van der Waals surface area contributed by atoms with E-state index in [4.69, 9.17) is 0 Å². The number of benzene rings is 1. The standard InChI is InChI=1S/C18H24N4O3/c23-16(19-14-8-4-5-9-14)12-21-10-11-22(13-17(21)24)18(25)20-15-6-2-1-3-7-15/h1-3,6-7,14H,4-5,8-13H2,(H,19,23)(H,20,25). The van der Waals surface area contributed by atoms with E-state index in [0.717, 1.165) is 25.7 Å². The van der Waals surface area contributed by atoms with Crippen LogP contribution in [0.2, 0.25) is 0 Å². The molecule has 4 amide bonds. The Hall–Kier alpha value is -2.57. The molecule has 1 heterocycles. The van der Waals surface area contributed by atoms with Crippen molar-refractivity contribution in [1.29, 1.82) is 0 Å². The number of piperazine rings is 1. The van der Waals surface area contributed by atoms with E-state index in [1.807, 2.05) is 18.2 Å². The van der Waals surface area contributed by atoms with Crippen molar-refractivity contribution >= 4 is 23.5 Å². The fourth-order valence-corrected chi connectivity index (χ4v) is 3.29. The van der Waals surface area contributed by atoms with E-state index in [-0.39, 0.29) is 37.0 Å². The predicted molar refractivity (Wildman–Crippen MR) is 94.0 cm³/mol. The number of hydrogen-bond donors (Lipinski definition) is 2. The number of hydrogen-bond acceptors (Lipinski definition) is 3. The second-order valence-corrected chi connectivity index (χ2v) is 6.58. The van der Waals surface area contributed by atoms with E-state index in [2.05, 4.69) is 10.6 Å². The van der Waals surface area contributed by atoms with Crippen molar-refractivity contribution in [2.24, 2.45) is 0 Å². The van der Waals surface area contributed by atoms with Crippen molar-refractivity contribution in [2.45, 2.75) is 31.7 Å². The Balaban J connectivity index is 1.46. The minimum atomic E-state index is -0.297. The van der Waals surface area contributed by atoms with Crippen LogP contribution < -0.4 is 10.6 Å². The van der Waals surface area contributed by atoms with E-state index in [0.29, 0.717) is 18.8 Å². The lowest BCUT2D eigenvalue weighted by molar-refractivity contribution is -0.139. The molecule has 1 aliphatic heterocycles. The SMILES string of the molecule is O=C(CN1CCN(C(=O)Nc2ccccc2)CC1=O)NC1CCCC1. The van der Waals surface area contributed by atoms with Crippen molar-refractivity contribution in [3.63, 3.8) is 0 Å². The second kappa shape index (κ2) is 8.00. The second-order valence-electron chi connectivity index (χ2n) is 6.58. The normalized spacial score (nSPS) is 18.3. The summed E-state index contributed by atoms with van der Waals surface area (Å²) >= 11 is 0. The predicted octanol–water partition coefficient (Wildman–Crippen LogP) is 1.42. The number of nitrogens with one attached hydrogen (secondary N) is 2. The highest BCUT2D eigenvalue weighted by Crippen LogP contribution is 2.17. The van der Waals surface area contributed by atoms with Gasteiger partial charge < -0.3 is 20.4 Å². The van der Waals surface area contributed by atoms with Crippen LogP contribution in [0.15, 0.2) is 30.3 Å². The quantitative estimate of drug-likeness (QED) is 0.867. The highest BCUT2D eigenvalue weighted by Gasteiger charge is 2.29. The summed E-state index contributed by atoms with van der Waals surface area (Å²) in [6.07, 6.45) is 4.35. The molecule has 0 radical (unpaired) electrons. The Labute approximate surface area is 147 Å². The Morgan fingerprint density at radius 2 is 1.80 bits per heavy atom. The number of para-hydroxylation sites is 1. The summed E-state index contributed by atoms with van der Waals surface area (Å²) in [7, 11) is 0. The first-order chi connectivity index (χ1) is 12.1. The van der Waals surface area contributed by atoms with Crippen molar-refractivity contribution in [3.8, 4) is 0 Å². The summed E-state index contributed by atoms with van der Waals surface area (Å²) in [4.78, 5) is 39.6.